The van der Waals surface area contributed by atoms with Crippen molar-refractivity contribution in [2.24, 2.45) is 0 Å². The number of amides is 1. The Labute approximate surface area is 144 Å². The summed E-state index contributed by atoms with van der Waals surface area (Å²) < 4.78 is 1.24. The van der Waals surface area contributed by atoms with Crippen LogP contribution in [0.15, 0.2) is 59.5 Å². The summed E-state index contributed by atoms with van der Waals surface area (Å²) in [7, 11) is 0. The van der Waals surface area contributed by atoms with Gasteiger partial charge in [0.15, 0.2) is 5.56 Å². The number of aryl methyl sites for hydroxylation is 1. The third-order valence-electron chi connectivity index (χ3n) is 4.03. The highest BCUT2D eigenvalue weighted by Gasteiger charge is 2.20. The molecular weight excluding hydrogens is 318 g/mol. The molecule has 1 atom stereocenters. The van der Waals surface area contributed by atoms with E-state index in [9.17, 15) is 14.7 Å². The number of fused-ring (bicyclic) bond motifs is 1. The molecule has 0 aliphatic heterocycles. The van der Waals surface area contributed by atoms with Crippen LogP contribution in [0.1, 0.15) is 29.3 Å². The van der Waals surface area contributed by atoms with E-state index in [4.69, 9.17) is 0 Å². The molecule has 1 amide bonds. The Bertz CT molecular complexity index is 951. The summed E-state index contributed by atoms with van der Waals surface area (Å²) in [6, 6.07) is 14.8. The second kappa shape index (κ2) is 7.17. The lowest BCUT2D eigenvalue weighted by molar-refractivity contribution is 0.0933. The predicted octanol–water partition coefficient (Wildman–Crippen LogP) is 2.15. The molecule has 3 aromatic rings. The summed E-state index contributed by atoms with van der Waals surface area (Å²) >= 11 is 0. The largest absolute Gasteiger partial charge is 0.493 e. The molecule has 0 fully saturated rings. The second-order valence-electron chi connectivity index (χ2n) is 5.94. The highest BCUT2D eigenvalue weighted by atomic mass is 16.3. The normalized spacial score (nSPS) is 12.0. The molecule has 128 valence electrons. The van der Waals surface area contributed by atoms with Crippen LogP contribution in [0.2, 0.25) is 0 Å². The molecular formula is C19H19N3O3. The number of aromatic nitrogens is 2. The van der Waals surface area contributed by atoms with Gasteiger partial charge in [0.05, 0.1) is 0 Å². The van der Waals surface area contributed by atoms with Crippen LogP contribution < -0.4 is 10.9 Å². The lowest BCUT2D eigenvalue weighted by atomic mass is 10.1. The van der Waals surface area contributed by atoms with Gasteiger partial charge in [-0.2, -0.15) is 4.98 Å². The van der Waals surface area contributed by atoms with E-state index in [1.54, 1.807) is 18.2 Å². The number of nitrogens with zero attached hydrogens (tertiary/aromatic N) is 2. The fraction of sp³-hybridized carbons (Fsp3) is 0.211. The first-order chi connectivity index (χ1) is 12.1. The standard InChI is InChI=1S/C19H19N3O3/c1-13(10-11-14-7-3-2-4-8-14)20-17(23)16-18(24)21-15-9-5-6-12-22(15)19(16)25/h2-9,12-13,24H,10-11H2,1H3,(H,20,23). The molecule has 2 heterocycles. The van der Waals surface area contributed by atoms with Crippen molar-refractivity contribution in [2.45, 2.75) is 25.8 Å². The van der Waals surface area contributed by atoms with Crippen molar-refractivity contribution in [3.8, 4) is 5.88 Å². The maximum Gasteiger partial charge on any atom is 0.274 e. The first-order valence-electron chi connectivity index (χ1n) is 8.11. The van der Waals surface area contributed by atoms with E-state index in [1.807, 2.05) is 37.3 Å². The summed E-state index contributed by atoms with van der Waals surface area (Å²) in [6.45, 7) is 1.87. The van der Waals surface area contributed by atoms with Gasteiger partial charge in [-0.3, -0.25) is 14.0 Å². The fourth-order valence-corrected chi connectivity index (χ4v) is 2.67. The van der Waals surface area contributed by atoms with Crippen molar-refractivity contribution in [3.05, 3.63) is 76.2 Å². The number of benzene rings is 1. The Hall–Kier alpha value is -3.15. The SMILES string of the molecule is CC(CCc1ccccc1)NC(=O)c1c(O)nc2ccccn2c1=O. The number of carbonyl (C=O) groups excluding carboxylic acids is 1. The number of carbonyl (C=O) groups is 1. The van der Waals surface area contributed by atoms with Crippen molar-refractivity contribution < 1.29 is 9.90 Å². The molecule has 1 aromatic carbocycles. The minimum atomic E-state index is -0.617. The molecule has 2 N–H and O–H groups in total. The van der Waals surface area contributed by atoms with E-state index < -0.39 is 17.3 Å². The predicted molar refractivity (Wildman–Crippen MR) is 94.8 cm³/mol. The number of nitrogens with one attached hydrogen (secondary N) is 1. The van der Waals surface area contributed by atoms with Crippen LogP contribution in [0.3, 0.4) is 0 Å². The van der Waals surface area contributed by atoms with Gasteiger partial charge in [-0.25, -0.2) is 0 Å². The summed E-state index contributed by atoms with van der Waals surface area (Å²) in [5.41, 5.74) is 0.545. The van der Waals surface area contributed by atoms with Gasteiger partial charge in [0.25, 0.3) is 11.5 Å². The highest BCUT2D eigenvalue weighted by Crippen LogP contribution is 2.12. The van der Waals surface area contributed by atoms with Gasteiger partial charge in [0.1, 0.15) is 5.65 Å². The third kappa shape index (κ3) is 3.68. The second-order valence-corrected chi connectivity index (χ2v) is 5.94. The van der Waals surface area contributed by atoms with Crippen molar-refractivity contribution >= 4 is 11.6 Å². The minimum absolute atomic E-state index is 0.150. The molecule has 0 bridgehead atoms. The first-order valence-corrected chi connectivity index (χ1v) is 8.11. The molecule has 0 saturated carbocycles. The Balaban J connectivity index is 1.75. The van der Waals surface area contributed by atoms with E-state index in [-0.39, 0.29) is 11.6 Å². The van der Waals surface area contributed by atoms with Gasteiger partial charge in [0, 0.05) is 12.2 Å². The van der Waals surface area contributed by atoms with Crippen LogP contribution in [0.4, 0.5) is 0 Å². The van der Waals surface area contributed by atoms with Crippen LogP contribution in [-0.2, 0) is 6.42 Å². The molecule has 3 rings (SSSR count). The quantitative estimate of drug-likeness (QED) is 0.747. The van der Waals surface area contributed by atoms with E-state index in [1.165, 1.54) is 16.2 Å². The van der Waals surface area contributed by atoms with Gasteiger partial charge < -0.3 is 10.4 Å². The number of pyridine rings is 1. The van der Waals surface area contributed by atoms with Crippen LogP contribution in [-0.4, -0.2) is 26.4 Å². The van der Waals surface area contributed by atoms with Gasteiger partial charge in [-0.1, -0.05) is 36.4 Å². The van der Waals surface area contributed by atoms with E-state index in [0.29, 0.717) is 5.65 Å². The lowest BCUT2D eigenvalue weighted by Gasteiger charge is -2.14. The topological polar surface area (TPSA) is 83.7 Å². The summed E-state index contributed by atoms with van der Waals surface area (Å²) in [6.07, 6.45) is 3.04. The van der Waals surface area contributed by atoms with Gasteiger partial charge in [0.2, 0.25) is 5.88 Å². The Kier molecular flexibility index (Phi) is 4.79. The van der Waals surface area contributed by atoms with Crippen LogP contribution in [0.5, 0.6) is 5.88 Å². The number of hydrogen-bond acceptors (Lipinski definition) is 4. The number of rotatable bonds is 5. The van der Waals surface area contributed by atoms with Crippen LogP contribution in [0.25, 0.3) is 5.65 Å². The molecule has 0 spiro atoms. The summed E-state index contributed by atoms with van der Waals surface area (Å²) in [5, 5.41) is 12.8. The zero-order valence-corrected chi connectivity index (χ0v) is 13.8. The summed E-state index contributed by atoms with van der Waals surface area (Å²) in [5.74, 6) is -1.17. The van der Waals surface area contributed by atoms with Crippen molar-refractivity contribution in [1.82, 2.24) is 14.7 Å². The van der Waals surface area contributed by atoms with Crippen molar-refractivity contribution in [1.29, 1.82) is 0 Å². The maximum absolute atomic E-state index is 12.5. The molecule has 0 aliphatic carbocycles. The van der Waals surface area contributed by atoms with E-state index in [0.717, 1.165) is 12.8 Å². The molecule has 0 saturated heterocycles. The Morgan fingerprint density at radius 1 is 1.20 bits per heavy atom. The monoisotopic (exact) mass is 337 g/mol. The van der Waals surface area contributed by atoms with Crippen molar-refractivity contribution in [2.75, 3.05) is 0 Å². The van der Waals surface area contributed by atoms with Crippen molar-refractivity contribution in [3.63, 3.8) is 0 Å². The average Bonchev–Trinajstić information content (AvgIpc) is 2.61. The molecule has 0 radical (unpaired) electrons. The van der Waals surface area contributed by atoms with Crippen LogP contribution >= 0.6 is 0 Å². The zero-order chi connectivity index (χ0) is 17.8. The molecule has 6 nitrogen and oxygen atoms in total. The van der Waals surface area contributed by atoms with Crippen LogP contribution in [0, 0.1) is 0 Å². The van der Waals surface area contributed by atoms with Gasteiger partial charge in [-0.15, -0.1) is 0 Å². The fourth-order valence-electron chi connectivity index (χ4n) is 2.67. The average molecular weight is 337 g/mol. The molecule has 1 unspecified atom stereocenters. The minimum Gasteiger partial charge on any atom is -0.493 e. The molecule has 2 aromatic heterocycles. The number of aromatic hydroxyl groups is 1. The number of hydrogen-bond donors (Lipinski definition) is 2. The maximum atomic E-state index is 12.5. The molecule has 25 heavy (non-hydrogen) atoms. The Morgan fingerprint density at radius 3 is 2.68 bits per heavy atom. The van der Waals surface area contributed by atoms with Gasteiger partial charge >= 0.3 is 0 Å². The first kappa shape index (κ1) is 16.7. The Morgan fingerprint density at radius 2 is 1.92 bits per heavy atom. The lowest BCUT2D eigenvalue weighted by Crippen LogP contribution is -2.37. The molecule has 6 heteroatoms. The highest BCUT2D eigenvalue weighted by molar-refractivity contribution is 5.96. The van der Waals surface area contributed by atoms with Gasteiger partial charge in [-0.05, 0) is 37.5 Å². The third-order valence-corrected chi connectivity index (χ3v) is 4.03. The summed E-state index contributed by atoms with van der Waals surface area (Å²) in [4.78, 5) is 28.8. The van der Waals surface area contributed by atoms with E-state index >= 15 is 0 Å². The zero-order valence-electron chi connectivity index (χ0n) is 13.8. The molecule has 0 aliphatic rings. The smallest absolute Gasteiger partial charge is 0.274 e. The van der Waals surface area contributed by atoms with E-state index in [2.05, 4.69) is 10.3 Å².